The van der Waals surface area contributed by atoms with Crippen LogP contribution < -0.4 is 0 Å². The van der Waals surface area contributed by atoms with E-state index in [1.165, 1.54) is 35.0 Å². The van der Waals surface area contributed by atoms with Crippen molar-refractivity contribution >= 4 is 23.7 Å². The zero-order valence-corrected chi connectivity index (χ0v) is 17.2. The normalized spacial score (nSPS) is 18.8. The molecule has 0 bridgehead atoms. The van der Waals surface area contributed by atoms with Crippen molar-refractivity contribution in [3.8, 4) is 0 Å². The second-order valence-electron chi connectivity index (χ2n) is 8.36. The SMILES string of the molecule is CN(CC(=O)OC(C)(C)C)C(=O)c1ccc2c(c1)C(=O)N(CC1CCCO1)C2=O. The second kappa shape index (κ2) is 7.94. The van der Waals surface area contributed by atoms with Gasteiger partial charge in [-0.2, -0.15) is 0 Å². The minimum Gasteiger partial charge on any atom is -0.459 e. The highest BCUT2D eigenvalue weighted by molar-refractivity contribution is 6.22. The molecule has 1 aromatic rings. The quantitative estimate of drug-likeness (QED) is 0.551. The lowest BCUT2D eigenvalue weighted by Crippen LogP contribution is -2.36. The molecule has 1 atom stereocenters. The number of fused-ring (bicyclic) bond motifs is 1. The molecule has 156 valence electrons. The Morgan fingerprint density at radius 1 is 1.21 bits per heavy atom. The van der Waals surface area contributed by atoms with Crippen LogP contribution in [0.1, 0.15) is 64.7 Å². The molecule has 0 N–H and O–H groups in total. The molecule has 1 aromatic carbocycles. The minimum atomic E-state index is -0.645. The zero-order chi connectivity index (χ0) is 21.3. The maximum atomic E-state index is 12.7. The van der Waals surface area contributed by atoms with Crippen LogP contribution in [0.3, 0.4) is 0 Å². The van der Waals surface area contributed by atoms with Crippen LogP contribution in [0.5, 0.6) is 0 Å². The zero-order valence-electron chi connectivity index (χ0n) is 17.2. The van der Waals surface area contributed by atoms with Gasteiger partial charge in [0.25, 0.3) is 17.7 Å². The minimum absolute atomic E-state index is 0.140. The van der Waals surface area contributed by atoms with Crippen LogP contribution in [0.2, 0.25) is 0 Å². The van der Waals surface area contributed by atoms with Crippen molar-refractivity contribution in [1.82, 2.24) is 9.80 Å². The number of rotatable bonds is 5. The van der Waals surface area contributed by atoms with Crippen LogP contribution >= 0.6 is 0 Å². The molecule has 2 heterocycles. The maximum absolute atomic E-state index is 12.7. The number of carbonyl (C=O) groups excluding carboxylic acids is 4. The van der Waals surface area contributed by atoms with Gasteiger partial charge in [-0.15, -0.1) is 0 Å². The summed E-state index contributed by atoms with van der Waals surface area (Å²) < 4.78 is 10.8. The number of benzene rings is 1. The Hall–Kier alpha value is -2.74. The molecule has 3 amide bonds. The van der Waals surface area contributed by atoms with Crippen LogP contribution in [0, 0.1) is 0 Å². The van der Waals surface area contributed by atoms with E-state index in [2.05, 4.69) is 0 Å². The highest BCUT2D eigenvalue weighted by atomic mass is 16.6. The highest BCUT2D eigenvalue weighted by Crippen LogP contribution is 2.26. The number of hydrogen-bond donors (Lipinski definition) is 0. The first-order chi connectivity index (χ1) is 13.6. The van der Waals surface area contributed by atoms with Crippen LogP contribution in [0.4, 0.5) is 0 Å². The number of likely N-dealkylation sites (N-methyl/N-ethyl adjacent to an activating group) is 1. The average Bonchev–Trinajstić information content (AvgIpc) is 3.22. The van der Waals surface area contributed by atoms with Gasteiger partial charge in [-0.3, -0.25) is 24.1 Å². The highest BCUT2D eigenvalue weighted by Gasteiger charge is 2.38. The summed E-state index contributed by atoms with van der Waals surface area (Å²) in [6, 6.07) is 4.39. The second-order valence-corrected chi connectivity index (χ2v) is 8.36. The third kappa shape index (κ3) is 4.64. The largest absolute Gasteiger partial charge is 0.459 e. The van der Waals surface area contributed by atoms with Gasteiger partial charge in [-0.1, -0.05) is 0 Å². The van der Waals surface area contributed by atoms with Crippen molar-refractivity contribution in [2.75, 3.05) is 26.7 Å². The number of esters is 1. The summed E-state index contributed by atoms with van der Waals surface area (Å²) >= 11 is 0. The predicted octanol–water partition coefficient (Wildman–Crippen LogP) is 1.88. The monoisotopic (exact) mass is 402 g/mol. The molecular formula is C21H26N2O6. The van der Waals surface area contributed by atoms with Gasteiger partial charge in [0.2, 0.25) is 0 Å². The number of ether oxygens (including phenoxy) is 2. The molecule has 1 unspecified atom stereocenters. The smallest absolute Gasteiger partial charge is 0.326 e. The molecule has 0 saturated carbocycles. The van der Waals surface area contributed by atoms with Gasteiger partial charge in [0.15, 0.2) is 0 Å². The fourth-order valence-electron chi connectivity index (χ4n) is 3.44. The van der Waals surface area contributed by atoms with E-state index in [9.17, 15) is 19.2 Å². The van der Waals surface area contributed by atoms with Gasteiger partial charge in [-0.05, 0) is 51.8 Å². The van der Waals surface area contributed by atoms with Crippen LogP contribution in [0.15, 0.2) is 18.2 Å². The molecule has 1 fully saturated rings. The molecule has 0 aromatic heterocycles. The summed E-state index contributed by atoms with van der Waals surface area (Å²) in [7, 11) is 1.48. The van der Waals surface area contributed by atoms with Crippen LogP contribution in [-0.2, 0) is 14.3 Å². The van der Waals surface area contributed by atoms with Crippen molar-refractivity contribution in [1.29, 1.82) is 0 Å². The molecule has 1 saturated heterocycles. The first-order valence-corrected chi connectivity index (χ1v) is 9.66. The van der Waals surface area contributed by atoms with Crippen molar-refractivity contribution in [2.45, 2.75) is 45.3 Å². The third-order valence-corrected chi connectivity index (χ3v) is 4.76. The fourth-order valence-corrected chi connectivity index (χ4v) is 3.44. The van der Waals surface area contributed by atoms with Gasteiger partial charge in [0.05, 0.1) is 23.8 Å². The molecule has 8 heteroatoms. The van der Waals surface area contributed by atoms with Crippen LogP contribution in [-0.4, -0.2) is 71.9 Å². The van der Waals surface area contributed by atoms with Crippen molar-refractivity contribution in [2.24, 2.45) is 0 Å². The van der Waals surface area contributed by atoms with Crippen LogP contribution in [0.25, 0.3) is 0 Å². The molecule has 2 aliphatic rings. The van der Waals surface area contributed by atoms with Crippen molar-refractivity contribution in [3.05, 3.63) is 34.9 Å². The van der Waals surface area contributed by atoms with Gasteiger partial charge in [-0.25, -0.2) is 0 Å². The predicted molar refractivity (Wildman–Crippen MR) is 104 cm³/mol. The molecule has 0 radical (unpaired) electrons. The molecule has 2 aliphatic heterocycles. The Morgan fingerprint density at radius 3 is 2.52 bits per heavy atom. The van der Waals surface area contributed by atoms with E-state index in [-0.39, 0.29) is 41.8 Å². The van der Waals surface area contributed by atoms with E-state index >= 15 is 0 Å². The molecule has 0 aliphatic carbocycles. The number of hydrogen-bond acceptors (Lipinski definition) is 6. The van der Waals surface area contributed by atoms with E-state index < -0.39 is 23.4 Å². The standard InChI is InChI=1S/C21H26N2O6/c1-21(2,3)29-17(24)12-22(4)18(25)13-7-8-15-16(10-13)20(27)23(19(15)26)11-14-6-5-9-28-14/h7-8,10,14H,5-6,9,11-12H2,1-4H3. The topological polar surface area (TPSA) is 93.2 Å². The lowest BCUT2D eigenvalue weighted by Gasteiger charge is -2.22. The summed E-state index contributed by atoms with van der Waals surface area (Å²) in [6.45, 7) is 5.88. The summed E-state index contributed by atoms with van der Waals surface area (Å²) in [5.74, 6) is -1.76. The Bertz CT molecular complexity index is 851. The summed E-state index contributed by atoms with van der Waals surface area (Å²) in [6.07, 6.45) is 1.58. The fraction of sp³-hybridized carbons (Fsp3) is 0.524. The molecular weight excluding hydrogens is 376 g/mol. The maximum Gasteiger partial charge on any atom is 0.326 e. The number of amides is 3. The molecule has 0 spiro atoms. The Kier molecular flexibility index (Phi) is 5.75. The first-order valence-electron chi connectivity index (χ1n) is 9.66. The Balaban J connectivity index is 1.71. The lowest BCUT2D eigenvalue weighted by molar-refractivity contribution is -0.155. The first kappa shape index (κ1) is 21.0. The molecule has 29 heavy (non-hydrogen) atoms. The lowest BCUT2D eigenvalue weighted by atomic mass is 10.0. The van der Waals surface area contributed by atoms with Crippen molar-refractivity contribution < 1.29 is 28.7 Å². The van der Waals surface area contributed by atoms with E-state index in [0.29, 0.717) is 6.61 Å². The van der Waals surface area contributed by atoms with Gasteiger partial charge < -0.3 is 14.4 Å². The molecule has 8 nitrogen and oxygen atoms in total. The van der Waals surface area contributed by atoms with Gasteiger partial charge in [0, 0.05) is 19.2 Å². The summed E-state index contributed by atoms with van der Waals surface area (Å²) in [5, 5.41) is 0. The van der Waals surface area contributed by atoms with E-state index in [4.69, 9.17) is 9.47 Å². The summed E-state index contributed by atoms with van der Waals surface area (Å²) in [5.41, 5.74) is 0.0622. The van der Waals surface area contributed by atoms with Gasteiger partial charge >= 0.3 is 5.97 Å². The number of nitrogens with zero attached hydrogens (tertiary/aromatic N) is 2. The Morgan fingerprint density at radius 2 is 1.90 bits per heavy atom. The average molecular weight is 402 g/mol. The van der Waals surface area contributed by atoms with E-state index in [1.54, 1.807) is 20.8 Å². The number of imide groups is 1. The van der Waals surface area contributed by atoms with E-state index in [1.807, 2.05) is 0 Å². The number of carbonyl (C=O) groups is 4. The van der Waals surface area contributed by atoms with Crippen molar-refractivity contribution in [3.63, 3.8) is 0 Å². The summed E-state index contributed by atoms with van der Waals surface area (Å²) in [4.78, 5) is 52.4. The Labute approximate surface area is 169 Å². The molecule has 3 rings (SSSR count). The third-order valence-electron chi connectivity index (χ3n) is 4.76. The van der Waals surface area contributed by atoms with Gasteiger partial charge in [0.1, 0.15) is 12.1 Å². The van der Waals surface area contributed by atoms with E-state index in [0.717, 1.165) is 12.8 Å².